The molecule has 8 aliphatic carbocycles. The molecule has 24 nitrogen and oxygen atoms in total. The summed E-state index contributed by atoms with van der Waals surface area (Å²) < 4.78 is 248. The summed E-state index contributed by atoms with van der Waals surface area (Å²) in [7, 11) is -5.76. The van der Waals surface area contributed by atoms with Crippen LogP contribution in [0.4, 0.5) is 57.1 Å². The largest absolute Gasteiger partial charge is 0.427 e. The minimum absolute atomic E-state index is 0.00163. The lowest BCUT2D eigenvalue weighted by atomic mass is 9.60. The molecule has 12 aromatic rings. The second-order valence-corrected chi connectivity index (χ2v) is 42.3. The predicted octanol–water partition coefficient (Wildman–Crippen LogP) is 16.9. The summed E-state index contributed by atoms with van der Waals surface area (Å²) in [5.74, 6) is 5.41. The Balaban J connectivity index is 0.000000133. The van der Waals surface area contributed by atoms with Gasteiger partial charge in [-0.05, 0) is 246 Å². The fourth-order valence-corrected chi connectivity index (χ4v) is 25.8. The lowest BCUT2D eigenvalue weighted by molar-refractivity contribution is -0.138. The summed E-state index contributed by atoms with van der Waals surface area (Å²) in [5, 5.41) is 19.3. The average Bonchev–Trinajstić information content (AvgIpc) is 1.25. The standard InChI is InChI=1S/C32H31F4N7O2S.C30H28F4N6O2S2.C29H23F5N4O3S/c1-41-38-18-29(40-41)46(2,45)42(19-20-3-4-20)26-8-5-22-14-28-21(17-39-43(28)25-9-6-24(33)7-10-25)15-31(22,16-26)30(44)27-13-23(11-12-37-27)32(34,35)36;1-38-16-26(36-17-38)44(2,42)40(22-9-10-22)23-6-3-19-11-24-18(14-37-39(24)21-7-4-20(31)5-8-21)12-29(19,13-23)27(41)28-35-15-25(43-28)30(32,33)34;1-37-11-8-23(16-37)42(40,41)28(31)9-6-19-13-25-18(15-36-38(25)22-4-2-21(30)3-5-22)14-27(19,17-28)26(39)24-12-20(7-10-35-24)29(32,33)34/h6-7,9-14,17-18,20,26H,2-5,8,15-16,19H2,1H3;4-5,7-8,11,14-17,22-23H,2-3,6,9-10,12-13H2,1H3;2-5,7-8,10-13,15-16H,6,9,14,17H2,1H3/t26-,31-,46?;23-,29-,44?;27-,28-/m000/s1. The Kier molecular flexibility index (Phi) is 22.9. The molecule has 2 unspecified atom stereocenters. The van der Waals surface area contributed by atoms with Crippen LogP contribution in [0.1, 0.15) is 164 Å². The molecule has 3 aromatic carbocycles. The molecule has 0 N–H and O–H groups in total. The van der Waals surface area contributed by atoms with Gasteiger partial charge in [-0.1, -0.05) is 16.7 Å². The Hall–Kier alpha value is -11.9. The van der Waals surface area contributed by atoms with Gasteiger partial charge in [0.15, 0.2) is 26.6 Å². The Labute approximate surface area is 751 Å². The van der Waals surface area contributed by atoms with Crippen molar-refractivity contribution in [3.63, 3.8) is 0 Å². The lowest BCUT2D eigenvalue weighted by Crippen LogP contribution is -2.51. The fraction of sp³-hybridized carbons (Fsp3) is 0.341. The summed E-state index contributed by atoms with van der Waals surface area (Å²) in [6, 6.07) is 20.8. The number of carbonyl (C=O) groups excluding carboxylic acids is 3. The average molecular weight is 1900 g/mol. The van der Waals surface area contributed by atoms with Crippen LogP contribution < -0.4 is 0 Å². The number of hydrogen-bond acceptors (Lipinski definition) is 17. The van der Waals surface area contributed by atoms with Crippen molar-refractivity contribution in [2.24, 2.45) is 43.3 Å². The first kappa shape index (κ1) is 90.6. The Morgan fingerprint density at radius 2 is 0.985 bits per heavy atom. The van der Waals surface area contributed by atoms with Gasteiger partial charge >= 0.3 is 18.5 Å². The van der Waals surface area contributed by atoms with Crippen molar-refractivity contribution in [1.82, 2.24) is 82.0 Å². The van der Waals surface area contributed by atoms with Gasteiger partial charge in [0.2, 0.25) is 20.6 Å². The third-order valence-electron chi connectivity index (χ3n) is 26.1. The number of nitrogens with zero attached hydrogens (tertiary/aromatic N) is 17. The highest BCUT2D eigenvalue weighted by atomic mass is 32.2. The molecule has 8 atom stereocenters. The third-order valence-corrected chi connectivity index (χ3v) is 33.5. The second-order valence-electron chi connectivity index (χ2n) is 34.8. The number of ketones is 3. The van der Waals surface area contributed by atoms with E-state index < -0.39 is 133 Å². The molecule has 0 saturated heterocycles. The summed E-state index contributed by atoms with van der Waals surface area (Å²) in [4.78, 5) is 59.7. The van der Waals surface area contributed by atoms with Crippen LogP contribution in [0.5, 0.6) is 0 Å². The van der Waals surface area contributed by atoms with Crippen LogP contribution in [0.3, 0.4) is 0 Å². The highest BCUT2D eigenvalue weighted by Gasteiger charge is 2.61. The van der Waals surface area contributed by atoms with E-state index in [1.165, 1.54) is 93.4 Å². The van der Waals surface area contributed by atoms with Crippen molar-refractivity contribution in [2.75, 3.05) is 6.54 Å². The monoisotopic (exact) mass is 1900 g/mol. The number of rotatable bonds is 20. The van der Waals surface area contributed by atoms with E-state index >= 15 is 4.39 Å². The Morgan fingerprint density at radius 3 is 1.42 bits per heavy atom. The van der Waals surface area contributed by atoms with Gasteiger partial charge in [-0.2, -0.15) is 64.7 Å². The van der Waals surface area contributed by atoms with Crippen molar-refractivity contribution >= 4 is 87.9 Å². The normalized spacial score (nSPS) is 22.7. The molecule has 5 saturated carbocycles. The SMILES string of the molecule is C=S(=O)(c1cn(C)cn1)N(C1CC1)[C@H]1CCC2=Cc3c(cnn3-c3ccc(F)cc3)C[C@]2(C(=O)c2ncc(C(F)(F)F)s2)C1.C=S(=O)(c1cnn(C)n1)N(CC1CC1)[C@H]1CCC2=Cc3c(cnn3-c3ccc(F)cc3)C[C@]2(C(=O)c2cc(C(F)(F)F)ccn2)C1.Cn1ccc(S(=O)(=O)[C@@]2(F)CCC3=Cc4c(cnn4-c4ccc(F)cc4)C[C@]3(C(=O)c3cc(C(F)(F)F)ccn3)C2)c1. The number of aryl methyl sites for hydroxylation is 3. The summed E-state index contributed by atoms with van der Waals surface area (Å²) >= 11 is 0.346. The van der Waals surface area contributed by atoms with E-state index in [0.29, 0.717) is 106 Å². The maximum atomic E-state index is 16.9. The molecule has 0 spiro atoms. The molecular weight excluding hydrogens is 1820 g/mol. The molecule has 0 radical (unpaired) electrons. The number of benzene rings is 3. The molecule has 5 fully saturated rings. The van der Waals surface area contributed by atoms with Crippen molar-refractivity contribution in [3.05, 3.63) is 272 Å². The second kappa shape index (κ2) is 33.4. The van der Waals surface area contributed by atoms with Gasteiger partial charge < -0.3 is 9.13 Å². The first-order valence-electron chi connectivity index (χ1n) is 42.0. The predicted molar refractivity (Wildman–Crippen MR) is 463 cm³/mol. The number of halogens is 13. The number of sulfone groups is 1. The van der Waals surface area contributed by atoms with Gasteiger partial charge in [0, 0.05) is 89.6 Å². The van der Waals surface area contributed by atoms with Crippen LogP contribution in [0.2, 0.25) is 0 Å². The molecule has 132 heavy (non-hydrogen) atoms. The molecule has 8 aliphatic rings. The zero-order valence-corrected chi connectivity index (χ0v) is 73.9. The van der Waals surface area contributed by atoms with Crippen molar-refractivity contribution in [3.8, 4) is 17.1 Å². The number of pyridine rings is 2. The zero-order valence-electron chi connectivity index (χ0n) is 70.6. The highest BCUT2D eigenvalue weighted by molar-refractivity contribution is 7.98. The summed E-state index contributed by atoms with van der Waals surface area (Å²) in [6.45, 7) is 0.489. The first-order valence-corrected chi connectivity index (χ1v) is 47.7. The number of allylic oxidation sites excluding steroid dienone is 3. The van der Waals surface area contributed by atoms with Crippen LogP contribution in [-0.2, 0) is 88.2 Å². The van der Waals surface area contributed by atoms with Crippen molar-refractivity contribution in [1.29, 1.82) is 0 Å². The van der Waals surface area contributed by atoms with E-state index in [2.05, 4.69) is 57.2 Å². The molecule has 688 valence electrons. The van der Waals surface area contributed by atoms with Crippen LogP contribution in [0.25, 0.3) is 35.3 Å². The van der Waals surface area contributed by atoms with Gasteiger partial charge in [-0.15, -0.1) is 16.4 Å². The van der Waals surface area contributed by atoms with Crippen LogP contribution in [-0.4, -0.2) is 158 Å². The number of thiazole rings is 1. The number of aromatic nitrogens is 15. The summed E-state index contributed by atoms with van der Waals surface area (Å²) in [5.41, 5.74) is 0.267. The molecule has 0 bridgehead atoms. The smallest absolute Gasteiger partial charge is 0.356 e. The molecule has 9 aromatic heterocycles. The van der Waals surface area contributed by atoms with E-state index in [1.807, 2.05) is 20.8 Å². The first-order chi connectivity index (χ1) is 62.4. The van der Waals surface area contributed by atoms with Crippen LogP contribution in [0.15, 0.2) is 203 Å². The Bertz CT molecular complexity index is 7040. The van der Waals surface area contributed by atoms with Crippen LogP contribution in [0, 0.1) is 39.6 Å². The Morgan fingerprint density at radius 1 is 0.508 bits per heavy atom. The molecule has 20 rings (SSSR count). The quantitative estimate of drug-likeness (QED) is 0.0390. The minimum atomic E-state index is -4.77. The number of carbonyl (C=O) groups is 3. The number of Topliss-reactive ketones (excluding diaryl/α,β-unsaturated/α-hetero) is 3. The molecule has 0 aliphatic heterocycles. The maximum Gasteiger partial charge on any atom is 0.427 e. The number of alkyl halides is 10. The lowest BCUT2D eigenvalue weighted by Gasteiger charge is -2.47. The van der Waals surface area contributed by atoms with Crippen molar-refractivity contribution in [2.45, 2.75) is 159 Å². The number of fused-ring (bicyclic) bond motifs is 6. The van der Waals surface area contributed by atoms with Gasteiger partial charge in [0.05, 0.1) is 123 Å². The highest BCUT2D eigenvalue weighted by Crippen LogP contribution is 2.59. The maximum absolute atomic E-state index is 16.9. The number of imidazole rings is 1. The van der Waals surface area contributed by atoms with Crippen molar-refractivity contribution < 1.29 is 88.3 Å². The number of hydrogen-bond donors (Lipinski definition) is 0. The van der Waals surface area contributed by atoms with Gasteiger partial charge in [-0.25, -0.2) is 67.0 Å². The van der Waals surface area contributed by atoms with E-state index in [1.54, 1.807) is 90.3 Å². The fourth-order valence-electron chi connectivity index (χ4n) is 19.2. The van der Waals surface area contributed by atoms with E-state index in [9.17, 15) is 83.9 Å². The third kappa shape index (κ3) is 16.7. The molecule has 0 amide bonds. The van der Waals surface area contributed by atoms with Gasteiger partial charge in [0.1, 0.15) is 33.7 Å². The molecule has 41 heteroatoms. The van der Waals surface area contributed by atoms with Crippen LogP contribution >= 0.6 is 11.3 Å². The summed E-state index contributed by atoms with van der Waals surface area (Å²) in [6.07, 6.45) is 10.7. The van der Waals surface area contributed by atoms with Gasteiger partial charge in [-0.3, -0.25) is 24.4 Å². The minimum Gasteiger partial charge on any atom is -0.356 e. The van der Waals surface area contributed by atoms with E-state index in [-0.39, 0.29) is 82.9 Å². The van der Waals surface area contributed by atoms with E-state index in [4.69, 9.17) is 0 Å². The topological polar surface area (TPSA) is 272 Å². The molecule has 9 heterocycles. The van der Waals surface area contributed by atoms with E-state index in [0.717, 1.165) is 84.4 Å². The molecular formula is C91H82F13N17O7S4. The zero-order chi connectivity index (χ0) is 93.5. The van der Waals surface area contributed by atoms with Gasteiger partial charge in [0.25, 0.3) is 0 Å².